The van der Waals surface area contributed by atoms with Gasteiger partial charge in [0.2, 0.25) is 5.91 Å². The number of hydrogen-bond donors (Lipinski definition) is 3. The molecule has 0 spiro atoms. The van der Waals surface area contributed by atoms with Gasteiger partial charge in [0.1, 0.15) is 11.9 Å². The van der Waals surface area contributed by atoms with Crippen molar-refractivity contribution in [2.75, 3.05) is 32.1 Å². The summed E-state index contributed by atoms with van der Waals surface area (Å²) in [5.41, 5.74) is 2.73. The highest BCUT2D eigenvalue weighted by Gasteiger charge is 2.34. The first-order valence-corrected chi connectivity index (χ1v) is 14.0. The lowest BCUT2D eigenvalue weighted by Crippen LogP contribution is -2.51. The van der Waals surface area contributed by atoms with E-state index in [0.717, 1.165) is 16.5 Å². The number of aliphatic hydroxyl groups excluding tert-OH is 1. The number of fused-ring (bicyclic) bond motifs is 2. The lowest BCUT2D eigenvalue weighted by molar-refractivity contribution is -0.115. The first-order valence-electron chi connectivity index (χ1n) is 14.0. The summed E-state index contributed by atoms with van der Waals surface area (Å²) in [6.07, 6.45) is 1.72. The fourth-order valence-electron chi connectivity index (χ4n) is 5.17. The number of anilines is 1. The van der Waals surface area contributed by atoms with Gasteiger partial charge in [0.05, 0.1) is 31.2 Å². The molecule has 0 radical (unpaired) electrons. The number of urea groups is 1. The summed E-state index contributed by atoms with van der Waals surface area (Å²) in [4.78, 5) is 42.6. The third-order valence-electron chi connectivity index (χ3n) is 7.49. The van der Waals surface area contributed by atoms with Crippen molar-refractivity contribution >= 4 is 34.4 Å². The van der Waals surface area contributed by atoms with E-state index in [9.17, 15) is 19.5 Å². The van der Waals surface area contributed by atoms with Crippen molar-refractivity contribution < 1.29 is 24.2 Å². The van der Waals surface area contributed by atoms with Crippen LogP contribution >= 0.6 is 0 Å². The lowest BCUT2D eigenvalue weighted by atomic mass is 9.99. The molecule has 3 N–H and O–H groups in total. The van der Waals surface area contributed by atoms with Crippen molar-refractivity contribution in [2.45, 2.75) is 52.3 Å². The van der Waals surface area contributed by atoms with Gasteiger partial charge in [-0.1, -0.05) is 25.1 Å². The van der Waals surface area contributed by atoms with E-state index in [0.29, 0.717) is 30.1 Å². The molecule has 0 bridgehead atoms. The van der Waals surface area contributed by atoms with Gasteiger partial charge in [0.15, 0.2) is 0 Å². The number of aryl methyl sites for hydroxylation is 1. The van der Waals surface area contributed by atoms with Crippen LogP contribution in [0.3, 0.4) is 0 Å². The number of nitrogens with one attached hydrogen (secondary N) is 2. The van der Waals surface area contributed by atoms with Gasteiger partial charge in [-0.3, -0.25) is 9.59 Å². The van der Waals surface area contributed by atoms with E-state index in [1.165, 1.54) is 0 Å². The Morgan fingerprint density at radius 2 is 1.90 bits per heavy atom. The molecule has 0 fully saturated rings. The molecule has 3 aromatic rings. The average Bonchev–Trinajstić information content (AvgIpc) is 3.24. The maximum Gasteiger partial charge on any atom is 0.317 e. The smallest absolute Gasteiger partial charge is 0.317 e. The summed E-state index contributed by atoms with van der Waals surface area (Å²) in [5.74, 6) is -0.254. The van der Waals surface area contributed by atoms with Crippen LogP contribution in [0.25, 0.3) is 10.9 Å². The maximum atomic E-state index is 13.7. The van der Waals surface area contributed by atoms with Crippen LogP contribution in [-0.4, -0.2) is 82.3 Å². The molecule has 0 aliphatic carbocycles. The van der Waals surface area contributed by atoms with Crippen LogP contribution in [0.5, 0.6) is 5.75 Å². The molecule has 2 aromatic carbocycles. The highest BCUT2D eigenvalue weighted by molar-refractivity contribution is 6.00. The zero-order valence-corrected chi connectivity index (χ0v) is 24.7. The topological polar surface area (TPSA) is 116 Å². The van der Waals surface area contributed by atoms with Crippen LogP contribution < -0.4 is 15.4 Å². The van der Waals surface area contributed by atoms with Crippen LogP contribution in [0.1, 0.15) is 43.6 Å². The van der Waals surface area contributed by atoms with E-state index in [1.54, 1.807) is 42.0 Å². The molecule has 0 unspecified atom stereocenters. The fourth-order valence-corrected chi connectivity index (χ4v) is 5.17. The number of carbonyl (C=O) groups is 3. The van der Waals surface area contributed by atoms with Crippen LogP contribution in [0.2, 0.25) is 0 Å². The van der Waals surface area contributed by atoms with Gasteiger partial charge in [-0.15, -0.1) is 0 Å². The summed E-state index contributed by atoms with van der Waals surface area (Å²) in [7, 11) is 3.66. The number of para-hydroxylation sites is 1. The summed E-state index contributed by atoms with van der Waals surface area (Å²) in [6.45, 7) is 8.00. The SMILES string of the molecule is CC(C)NC(=O)N(C)C[C@@H]1Oc2ccc(NC(=O)Cc3cn(C)c4ccccc34)cc2C(=O)N([C@H](C)CO)C[C@@H]1C. The molecule has 10 nitrogen and oxygen atoms in total. The van der Waals surface area contributed by atoms with Crippen LogP contribution in [0, 0.1) is 5.92 Å². The summed E-state index contributed by atoms with van der Waals surface area (Å²) in [6, 6.07) is 12.3. The maximum absolute atomic E-state index is 13.7. The van der Waals surface area contributed by atoms with E-state index in [4.69, 9.17) is 4.74 Å². The van der Waals surface area contributed by atoms with E-state index >= 15 is 0 Å². The van der Waals surface area contributed by atoms with Gasteiger partial charge < -0.3 is 34.8 Å². The predicted octanol–water partition coefficient (Wildman–Crippen LogP) is 3.63. The van der Waals surface area contributed by atoms with Crippen molar-refractivity contribution in [3.05, 3.63) is 59.8 Å². The van der Waals surface area contributed by atoms with E-state index < -0.39 is 12.1 Å². The Morgan fingerprint density at radius 1 is 1.17 bits per heavy atom. The lowest BCUT2D eigenvalue weighted by Gasteiger charge is -2.38. The summed E-state index contributed by atoms with van der Waals surface area (Å²) < 4.78 is 8.36. The number of carbonyl (C=O) groups excluding carboxylic acids is 3. The number of amides is 4. The Labute approximate surface area is 241 Å². The number of ether oxygens (including phenoxy) is 1. The Morgan fingerprint density at radius 3 is 2.61 bits per heavy atom. The van der Waals surface area contributed by atoms with Crippen LogP contribution in [0.4, 0.5) is 10.5 Å². The first-order chi connectivity index (χ1) is 19.5. The molecule has 0 saturated heterocycles. The molecule has 41 heavy (non-hydrogen) atoms. The minimum atomic E-state index is -0.428. The molecule has 220 valence electrons. The van der Waals surface area contributed by atoms with Crippen molar-refractivity contribution in [1.82, 2.24) is 19.7 Å². The fraction of sp³-hybridized carbons (Fsp3) is 0.452. The molecule has 4 amide bonds. The second-order valence-corrected chi connectivity index (χ2v) is 11.3. The number of hydrogen-bond acceptors (Lipinski definition) is 5. The Kier molecular flexibility index (Phi) is 9.22. The molecule has 4 rings (SSSR count). The van der Waals surface area contributed by atoms with Crippen molar-refractivity contribution in [3.63, 3.8) is 0 Å². The largest absolute Gasteiger partial charge is 0.487 e. The normalized spacial score (nSPS) is 17.9. The third kappa shape index (κ3) is 6.82. The monoisotopic (exact) mass is 563 g/mol. The van der Waals surface area contributed by atoms with E-state index in [-0.39, 0.29) is 42.8 Å². The van der Waals surface area contributed by atoms with E-state index in [2.05, 4.69) is 10.6 Å². The van der Waals surface area contributed by atoms with Gasteiger partial charge >= 0.3 is 6.03 Å². The highest BCUT2D eigenvalue weighted by Crippen LogP contribution is 2.31. The number of rotatable bonds is 8. The van der Waals surface area contributed by atoms with Crippen molar-refractivity contribution in [3.8, 4) is 5.75 Å². The standard InChI is InChI=1S/C31H41N5O5/c1-19(2)32-31(40)35(6)17-28-20(3)15-36(21(4)18-37)30(39)25-14-23(11-12-27(25)41-28)33-29(38)13-22-16-34(5)26-10-8-7-9-24(22)26/h7-12,14,16,19-21,28,37H,13,15,17-18H2,1-6H3,(H,32,40)(H,33,38)/t20-,21+,28-/m0/s1. The number of benzene rings is 2. The second kappa shape index (κ2) is 12.6. The molecule has 1 aromatic heterocycles. The molecule has 2 heterocycles. The zero-order valence-electron chi connectivity index (χ0n) is 24.7. The number of likely N-dealkylation sites (N-methyl/N-ethyl adjacent to an activating group) is 1. The average molecular weight is 564 g/mol. The predicted molar refractivity (Wildman–Crippen MR) is 159 cm³/mol. The van der Waals surface area contributed by atoms with Crippen LogP contribution in [-0.2, 0) is 18.3 Å². The summed E-state index contributed by atoms with van der Waals surface area (Å²) in [5, 5.41) is 16.7. The Bertz CT molecular complexity index is 1420. The molecular formula is C31H41N5O5. The zero-order chi connectivity index (χ0) is 29.8. The molecule has 3 atom stereocenters. The van der Waals surface area contributed by atoms with E-state index in [1.807, 2.05) is 62.8 Å². The van der Waals surface area contributed by atoms with Crippen molar-refractivity contribution in [2.24, 2.45) is 13.0 Å². The second-order valence-electron chi connectivity index (χ2n) is 11.3. The minimum absolute atomic E-state index is 0.00545. The number of aliphatic hydroxyl groups is 1. The molecule has 0 saturated carbocycles. The molecular weight excluding hydrogens is 522 g/mol. The minimum Gasteiger partial charge on any atom is -0.487 e. The van der Waals surface area contributed by atoms with Crippen LogP contribution in [0.15, 0.2) is 48.7 Å². The van der Waals surface area contributed by atoms with Gasteiger partial charge in [-0.2, -0.15) is 0 Å². The number of aromatic nitrogens is 1. The number of nitrogens with zero attached hydrogens (tertiary/aromatic N) is 3. The molecule has 1 aliphatic heterocycles. The molecule has 1 aliphatic rings. The quantitative estimate of drug-likeness (QED) is 0.387. The van der Waals surface area contributed by atoms with Crippen molar-refractivity contribution in [1.29, 1.82) is 0 Å². The Hall–Kier alpha value is -4.05. The van der Waals surface area contributed by atoms with Gasteiger partial charge in [0.25, 0.3) is 5.91 Å². The Balaban J connectivity index is 1.59. The summed E-state index contributed by atoms with van der Waals surface area (Å²) >= 11 is 0. The third-order valence-corrected chi connectivity index (χ3v) is 7.49. The van der Waals surface area contributed by atoms with Gasteiger partial charge in [-0.25, -0.2) is 4.79 Å². The highest BCUT2D eigenvalue weighted by atomic mass is 16.5. The molecule has 10 heteroatoms. The van der Waals surface area contributed by atoms with Gasteiger partial charge in [-0.05, 0) is 50.6 Å². The first kappa shape index (κ1) is 29.9. The van der Waals surface area contributed by atoms with Gasteiger partial charge in [0, 0.05) is 55.4 Å².